The van der Waals surface area contributed by atoms with E-state index < -0.39 is 0 Å². The quantitative estimate of drug-likeness (QED) is 0.510. The number of allylic oxidation sites excluding steroid dienone is 4. The molecule has 0 nitrogen and oxygen atoms in total. The summed E-state index contributed by atoms with van der Waals surface area (Å²) in [6, 6.07) is 0. The zero-order chi connectivity index (χ0) is 8.15. The van der Waals surface area contributed by atoms with E-state index in [2.05, 4.69) is 40.7 Å². The van der Waals surface area contributed by atoms with Crippen LogP contribution in [0, 0.1) is 0 Å². The van der Waals surface area contributed by atoms with Crippen LogP contribution in [0.5, 0.6) is 0 Å². The van der Waals surface area contributed by atoms with Crippen molar-refractivity contribution in [3.8, 4) is 0 Å². The molecule has 0 atom stereocenters. The lowest BCUT2D eigenvalue weighted by Gasteiger charge is -2.04. The topological polar surface area (TPSA) is 0 Å². The minimum atomic E-state index is 1.16. The highest BCUT2D eigenvalue weighted by molar-refractivity contribution is 5.30. The van der Waals surface area contributed by atoms with Crippen LogP contribution >= 0.6 is 0 Å². The Morgan fingerprint density at radius 3 is 2.00 bits per heavy atom. The number of hydrogen-bond acceptors (Lipinski definition) is 0. The summed E-state index contributed by atoms with van der Waals surface area (Å²) in [5, 5.41) is 0. The molecule has 0 fully saturated rings. The summed E-state index contributed by atoms with van der Waals surface area (Å²) in [6.45, 7) is 10.8. The van der Waals surface area contributed by atoms with E-state index in [0.29, 0.717) is 0 Å². The van der Waals surface area contributed by atoms with Crippen molar-refractivity contribution in [2.75, 3.05) is 0 Å². The Hall–Kier alpha value is -0.520. The molecular formula is C10H18. The first-order chi connectivity index (χ1) is 4.63. The Kier molecular flexibility index (Phi) is 4.10. The average molecular weight is 138 g/mol. The van der Waals surface area contributed by atoms with Crippen LogP contribution in [-0.2, 0) is 0 Å². The van der Waals surface area contributed by atoms with E-state index in [1.54, 1.807) is 0 Å². The van der Waals surface area contributed by atoms with Gasteiger partial charge in [-0.1, -0.05) is 24.1 Å². The lowest BCUT2D eigenvalue weighted by molar-refractivity contribution is 1.05. The summed E-state index contributed by atoms with van der Waals surface area (Å²) >= 11 is 0. The third-order valence-electron chi connectivity index (χ3n) is 2.20. The van der Waals surface area contributed by atoms with Gasteiger partial charge in [-0.05, 0) is 39.7 Å². The van der Waals surface area contributed by atoms with Crippen molar-refractivity contribution in [1.29, 1.82) is 0 Å². The van der Waals surface area contributed by atoms with Crippen LogP contribution in [0.1, 0.15) is 41.0 Å². The van der Waals surface area contributed by atoms with Crippen molar-refractivity contribution in [1.82, 2.24) is 0 Å². The maximum absolute atomic E-state index is 2.20. The smallest absolute Gasteiger partial charge is 0.0346 e. The SMILES string of the molecule is C/C=C(C)\C(C)=C(\C)CC. The highest BCUT2D eigenvalue weighted by atomic mass is 14.0. The Bertz CT molecular complexity index is 159. The van der Waals surface area contributed by atoms with Crippen LogP contribution < -0.4 is 0 Å². The van der Waals surface area contributed by atoms with Crippen LogP contribution in [0.4, 0.5) is 0 Å². The van der Waals surface area contributed by atoms with Gasteiger partial charge < -0.3 is 0 Å². The summed E-state index contributed by atoms with van der Waals surface area (Å²) in [5.74, 6) is 0. The molecule has 0 radical (unpaired) electrons. The molecule has 0 bridgehead atoms. The van der Waals surface area contributed by atoms with Crippen molar-refractivity contribution in [3.63, 3.8) is 0 Å². The molecule has 0 aromatic carbocycles. The fourth-order valence-electron chi connectivity index (χ4n) is 0.818. The molecule has 0 heteroatoms. The van der Waals surface area contributed by atoms with E-state index >= 15 is 0 Å². The predicted molar refractivity (Wildman–Crippen MR) is 48.1 cm³/mol. The van der Waals surface area contributed by atoms with Crippen LogP contribution in [0.15, 0.2) is 22.8 Å². The second-order valence-electron chi connectivity index (χ2n) is 2.73. The van der Waals surface area contributed by atoms with Gasteiger partial charge in [-0.2, -0.15) is 0 Å². The lowest BCUT2D eigenvalue weighted by atomic mass is 10.0. The summed E-state index contributed by atoms with van der Waals surface area (Å²) in [7, 11) is 0. The summed E-state index contributed by atoms with van der Waals surface area (Å²) < 4.78 is 0. The Labute approximate surface area is 64.6 Å². The monoisotopic (exact) mass is 138 g/mol. The van der Waals surface area contributed by atoms with Gasteiger partial charge in [0.25, 0.3) is 0 Å². The van der Waals surface area contributed by atoms with E-state index in [1.165, 1.54) is 16.7 Å². The molecule has 0 rings (SSSR count). The number of rotatable bonds is 2. The van der Waals surface area contributed by atoms with E-state index in [0.717, 1.165) is 6.42 Å². The molecule has 10 heavy (non-hydrogen) atoms. The maximum atomic E-state index is 2.20. The van der Waals surface area contributed by atoms with Crippen molar-refractivity contribution in [2.24, 2.45) is 0 Å². The van der Waals surface area contributed by atoms with Gasteiger partial charge in [0.2, 0.25) is 0 Å². The molecule has 0 unspecified atom stereocenters. The maximum Gasteiger partial charge on any atom is -0.0346 e. The van der Waals surface area contributed by atoms with Crippen molar-refractivity contribution >= 4 is 0 Å². The van der Waals surface area contributed by atoms with Gasteiger partial charge in [-0.3, -0.25) is 0 Å². The van der Waals surface area contributed by atoms with Gasteiger partial charge in [-0.15, -0.1) is 0 Å². The molecule has 0 saturated carbocycles. The predicted octanol–water partition coefficient (Wildman–Crippen LogP) is 3.70. The minimum absolute atomic E-state index is 1.16. The van der Waals surface area contributed by atoms with Crippen molar-refractivity contribution < 1.29 is 0 Å². The van der Waals surface area contributed by atoms with E-state index in [1.807, 2.05) is 0 Å². The summed E-state index contributed by atoms with van der Waals surface area (Å²) in [6.07, 6.45) is 3.32. The van der Waals surface area contributed by atoms with Gasteiger partial charge in [-0.25, -0.2) is 0 Å². The molecule has 0 amide bonds. The van der Waals surface area contributed by atoms with Gasteiger partial charge in [0.15, 0.2) is 0 Å². The van der Waals surface area contributed by atoms with Gasteiger partial charge in [0, 0.05) is 0 Å². The molecule has 58 valence electrons. The van der Waals surface area contributed by atoms with E-state index in [4.69, 9.17) is 0 Å². The Morgan fingerprint density at radius 2 is 1.70 bits per heavy atom. The van der Waals surface area contributed by atoms with E-state index in [-0.39, 0.29) is 0 Å². The molecule has 0 aliphatic heterocycles. The van der Waals surface area contributed by atoms with E-state index in [9.17, 15) is 0 Å². The molecule has 0 N–H and O–H groups in total. The Morgan fingerprint density at radius 1 is 1.20 bits per heavy atom. The molecule has 0 aromatic heterocycles. The minimum Gasteiger partial charge on any atom is -0.0845 e. The second kappa shape index (κ2) is 4.32. The Balaban J connectivity index is 4.46. The van der Waals surface area contributed by atoms with Crippen LogP contribution in [0.25, 0.3) is 0 Å². The van der Waals surface area contributed by atoms with Crippen LogP contribution in [-0.4, -0.2) is 0 Å². The first kappa shape index (κ1) is 9.48. The third kappa shape index (κ3) is 2.38. The summed E-state index contributed by atoms with van der Waals surface area (Å²) in [5.41, 5.74) is 4.35. The van der Waals surface area contributed by atoms with Crippen molar-refractivity contribution in [3.05, 3.63) is 22.8 Å². The standard InChI is InChI=1S/C10H18/c1-6-8(3)10(5)9(4)7-2/h6H,7H2,1-5H3/b8-6-,10-9-. The average Bonchev–Trinajstić information content (AvgIpc) is 2.00. The highest BCUT2D eigenvalue weighted by Crippen LogP contribution is 2.15. The van der Waals surface area contributed by atoms with Gasteiger partial charge in [0.05, 0.1) is 0 Å². The van der Waals surface area contributed by atoms with Gasteiger partial charge >= 0.3 is 0 Å². The molecule has 0 aromatic rings. The lowest BCUT2D eigenvalue weighted by Crippen LogP contribution is -1.84. The normalized spacial score (nSPS) is 15.1. The fourth-order valence-corrected chi connectivity index (χ4v) is 0.818. The molecule has 0 aliphatic carbocycles. The molecule has 0 spiro atoms. The summed E-state index contributed by atoms with van der Waals surface area (Å²) in [4.78, 5) is 0. The molecule has 0 heterocycles. The highest BCUT2D eigenvalue weighted by Gasteiger charge is 1.94. The fraction of sp³-hybridized carbons (Fsp3) is 0.600. The van der Waals surface area contributed by atoms with Crippen molar-refractivity contribution in [2.45, 2.75) is 41.0 Å². The zero-order valence-corrected chi connectivity index (χ0v) is 7.78. The van der Waals surface area contributed by atoms with Gasteiger partial charge in [0.1, 0.15) is 0 Å². The molecule has 0 aliphatic rings. The first-order valence-electron chi connectivity index (χ1n) is 3.93. The zero-order valence-electron chi connectivity index (χ0n) is 7.78. The van der Waals surface area contributed by atoms with Crippen LogP contribution in [0.3, 0.4) is 0 Å². The third-order valence-corrected chi connectivity index (χ3v) is 2.20. The van der Waals surface area contributed by atoms with Crippen LogP contribution in [0.2, 0.25) is 0 Å². The largest absolute Gasteiger partial charge is 0.0845 e. The molecule has 0 saturated heterocycles. The molecular weight excluding hydrogens is 120 g/mol. The first-order valence-corrected chi connectivity index (χ1v) is 3.93. The second-order valence-corrected chi connectivity index (χ2v) is 2.73. The number of hydrogen-bond donors (Lipinski definition) is 0.